The molecule has 2 aromatic rings. The van der Waals surface area contributed by atoms with Crippen LogP contribution in [0.2, 0.25) is 0 Å². The molecular formula is C14H19N3S. The molecule has 96 valence electrons. The van der Waals surface area contributed by atoms with Crippen LogP contribution in [0.5, 0.6) is 0 Å². The summed E-state index contributed by atoms with van der Waals surface area (Å²) in [6.45, 7) is 5.04. The lowest BCUT2D eigenvalue weighted by atomic mass is 10.1. The van der Waals surface area contributed by atoms with E-state index in [0.29, 0.717) is 6.04 Å². The van der Waals surface area contributed by atoms with Gasteiger partial charge in [0.15, 0.2) is 0 Å². The quantitative estimate of drug-likeness (QED) is 0.868. The highest BCUT2D eigenvalue weighted by Gasteiger charge is 2.12. The molecule has 4 heteroatoms. The Morgan fingerprint density at radius 2 is 2.22 bits per heavy atom. The van der Waals surface area contributed by atoms with Crippen molar-refractivity contribution in [3.8, 4) is 0 Å². The fourth-order valence-electron chi connectivity index (χ4n) is 1.93. The summed E-state index contributed by atoms with van der Waals surface area (Å²) in [6.07, 6.45) is 5.86. The Labute approximate surface area is 112 Å². The van der Waals surface area contributed by atoms with E-state index >= 15 is 0 Å². The maximum Gasteiger partial charge on any atom is 0.0756 e. The Balaban J connectivity index is 2.01. The first-order valence-corrected chi connectivity index (χ1v) is 7.27. The van der Waals surface area contributed by atoms with E-state index in [1.807, 2.05) is 19.3 Å². The standard InChI is InChI=1S/C14H19N3S/c1-3-15-13(5-4-12-6-7-18-10-12)14-9-16-11(2)8-17-14/h6-10,13,15H,3-5H2,1-2H3. The first kappa shape index (κ1) is 13.2. The molecule has 0 bridgehead atoms. The number of rotatable bonds is 6. The van der Waals surface area contributed by atoms with Crippen molar-refractivity contribution in [1.82, 2.24) is 15.3 Å². The number of hydrogen-bond acceptors (Lipinski definition) is 4. The van der Waals surface area contributed by atoms with Gasteiger partial charge < -0.3 is 5.32 Å². The van der Waals surface area contributed by atoms with E-state index in [1.54, 1.807) is 11.3 Å². The van der Waals surface area contributed by atoms with Gasteiger partial charge in [-0.2, -0.15) is 11.3 Å². The molecule has 2 heterocycles. The van der Waals surface area contributed by atoms with Crippen molar-refractivity contribution in [2.24, 2.45) is 0 Å². The molecule has 0 aliphatic carbocycles. The Kier molecular flexibility index (Phi) is 4.84. The van der Waals surface area contributed by atoms with E-state index in [0.717, 1.165) is 30.8 Å². The topological polar surface area (TPSA) is 37.8 Å². The first-order valence-electron chi connectivity index (χ1n) is 6.32. The van der Waals surface area contributed by atoms with E-state index in [-0.39, 0.29) is 0 Å². The zero-order valence-electron chi connectivity index (χ0n) is 10.9. The summed E-state index contributed by atoms with van der Waals surface area (Å²) in [6, 6.07) is 2.48. The molecule has 0 aliphatic rings. The lowest BCUT2D eigenvalue weighted by Gasteiger charge is -2.16. The minimum atomic E-state index is 0.294. The Morgan fingerprint density at radius 3 is 2.83 bits per heavy atom. The first-order chi connectivity index (χ1) is 8.79. The Morgan fingerprint density at radius 1 is 1.33 bits per heavy atom. The smallest absolute Gasteiger partial charge is 0.0756 e. The van der Waals surface area contributed by atoms with Crippen molar-refractivity contribution in [2.45, 2.75) is 32.7 Å². The van der Waals surface area contributed by atoms with Crippen molar-refractivity contribution >= 4 is 11.3 Å². The summed E-state index contributed by atoms with van der Waals surface area (Å²) < 4.78 is 0. The predicted molar refractivity (Wildman–Crippen MR) is 75.8 cm³/mol. The van der Waals surface area contributed by atoms with Crippen LogP contribution in [0.3, 0.4) is 0 Å². The molecular weight excluding hydrogens is 242 g/mol. The summed E-state index contributed by atoms with van der Waals surface area (Å²) >= 11 is 1.75. The van der Waals surface area contributed by atoms with Gasteiger partial charge in [0.1, 0.15) is 0 Å². The van der Waals surface area contributed by atoms with E-state index < -0.39 is 0 Å². The van der Waals surface area contributed by atoms with E-state index in [9.17, 15) is 0 Å². The molecule has 1 unspecified atom stereocenters. The number of nitrogens with one attached hydrogen (secondary N) is 1. The van der Waals surface area contributed by atoms with Gasteiger partial charge in [0.2, 0.25) is 0 Å². The minimum Gasteiger partial charge on any atom is -0.309 e. The number of hydrogen-bond donors (Lipinski definition) is 1. The molecule has 2 aromatic heterocycles. The van der Waals surface area contributed by atoms with Gasteiger partial charge in [0, 0.05) is 6.20 Å². The summed E-state index contributed by atoms with van der Waals surface area (Å²) in [5.41, 5.74) is 3.41. The van der Waals surface area contributed by atoms with Gasteiger partial charge in [0.05, 0.1) is 23.6 Å². The number of nitrogens with zero attached hydrogens (tertiary/aromatic N) is 2. The zero-order valence-corrected chi connectivity index (χ0v) is 11.7. The summed E-state index contributed by atoms with van der Waals surface area (Å²) in [7, 11) is 0. The van der Waals surface area contributed by atoms with Crippen LogP contribution < -0.4 is 5.32 Å². The average molecular weight is 261 g/mol. The van der Waals surface area contributed by atoms with Gasteiger partial charge in [0.25, 0.3) is 0 Å². The largest absolute Gasteiger partial charge is 0.309 e. The molecule has 1 N–H and O–H groups in total. The van der Waals surface area contributed by atoms with Crippen LogP contribution in [0, 0.1) is 6.92 Å². The maximum atomic E-state index is 4.47. The third-order valence-corrected chi connectivity index (χ3v) is 3.64. The summed E-state index contributed by atoms with van der Waals surface area (Å²) in [5, 5.41) is 7.82. The molecule has 0 radical (unpaired) electrons. The van der Waals surface area contributed by atoms with E-state index in [4.69, 9.17) is 0 Å². The van der Waals surface area contributed by atoms with Crippen LogP contribution in [-0.2, 0) is 6.42 Å². The van der Waals surface area contributed by atoms with Crippen LogP contribution in [0.25, 0.3) is 0 Å². The zero-order chi connectivity index (χ0) is 12.8. The Bertz CT molecular complexity index is 450. The van der Waals surface area contributed by atoms with Crippen LogP contribution in [-0.4, -0.2) is 16.5 Å². The highest BCUT2D eigenvalue weighted by atomic mass is 32.1. The third kappa shape index (κ3) is 3.62. The second-order valence-corrected chi connectivity index (χ2v) is 5.14. The number of aryl methyl sites for hydroxylation is 2. The van der Waals surface area contributed by atoms with Crippen LogP contribution in [0.1, 0.15) is 36.3 Å². The van der Waals surface area contributed by atoms with Crippen LogP contribution in [0.4, 0.5) is 0 Å². The molecule has 0 amide bonds. The van der Waals surface area contributed by atoms with Crippen molar-refractivity contribution in [3.63, 3.8) is 0 Å². The van der Waals surface area contributed by atoms with Crippen molar-refractivity contribution in [2.75, 3.05) is 6.54 Å². The van der Waals surface area contributed by atoms with Gasteiger partial charge in [-0.1, -0.05) is 6.92 Å². The van der Waals surface area contributed by atoms with E-state index in [1.165, 1.54) is 5.56 Å². The molecule has 0 aromatic carbocycles. The molecule has 0 fully saturated rings. The molecule has 0 saturated carbocycles. The molecule has 0 spiro atoms. The fourth-order valence-corrected chi connectivity index (χ4v) is 2.63. The lowest BCUT2D eigenvalue weighted by Crippen LogP contribution is -2.22. The number of aromatic nitrogens is 2. The predicted octanol–water partition coefficient (Wildman–Crippen LogP) is 3.13. The second-order valence-electron chi connectivity index (χ2n) is 4.36. The van der Waals surface area contributed by atoms with Crippen molar-refractivity contribution in [1.29, 1.82) is 0 Å². The minimum absolute atomic E-state index is 0.294. The molecule has 0 aliphatic heterocycles. The van der Waals surface area contributed by atoms with Crippen molar-refractivity contribution in [3.05, 3.63) is 46.2 Å². The third-order valence-electron chi connectivity index (χ3n) is 2.91. The Hall–Kier alpha value is -1.26. The normalized spacial score (nSPS) is 12.6. The maximum absolute atomic E-state index is 4.47. The highest BCUT2D eigenvalue weighted by molar-refractivity contribution is 7.07. The summed E-state index contributed by atoms with van der Waals surface area (Å²) in [5.74, 6) is 0. The molecule has 18 heavy (non-hydrogen) atoms. The van der Waals surface area contributed by atoms with Crippen LogP contribution >= 0.6 is 11.3 Å². The SMILES string of the molecule is CCNC(CCc1ccsc1)c1cnc(C)cn1. The van der Waals surface area contributed by atoms with Gasteiger partial charge in [-0.05, 0) is 48.7 Å². The van der Waals surface area contributed by atoms with Crippen LogP contribution in [0.15, 0.2) is 29.2 Å². The van der Waals surface area contributed by atoms with Gasteiger partial charge in [-0.3, -0.25) is 9.97 Å². The molecule has 2 rings (SSSR count). The van der Waals surface area contributed by atoms with E-state index in [2.05, 4.69) is 39.0 Å². The van der Waals surface area contributed by atoms with Crippen molar-refractivity contribution < 1.29 is 0 Å². The number of thiophene rings is 1. The van der Waals surface area contributed by atoms with Gasteiger partial charge >= 0.3 is 0 Å². The summed E-state index contributed by atoms with van der Waals surface area (Å²) in [4.78, 5) is 8.80. The van der Waals surface area contributed by atoms with Gasteiger partial charge in [-0.15, -0.1) is 0 Å². The lowest BCUT2D eigenvalue weighted by molar-refractivity contribution is 0.502. The molecule has 1 atom stereocenters. The monoisotopic (exact) mass is 261 g/mol. The highest BCUT2D eigenvalue weighted by Crippen LogP contribution is 2.18. The fraction of sp³-hybridized carbons (Fsp3) is 0.429. The molecule has 0 saturated heterocycles. The second kappa shape index (κ2) is 6.61. The molecule has 3 nitrogen and oxygen atoms in total. The average Bonchev–Trinajstić information content (AvgIpc) is 2.89. The van der Waals surface area contributed by atoms with Gasteiger partial charge in [-0.25, -0.2) is 0 Å².